The topological polar surface area (TPSA) is 35.5 Å². The van der Waals surface area contributed by atoms with Crippen LogP contribution in [-0.4, -0.2) is 18.2 Å². The maximum absolute atomic E-state index is 12.2. The molecule has 3 atom stereocenters. The summed E-state index contributed by atoms with van der Waals surface area (Å²) in [5, 5.41) is 0. The standard InChI is InChI=1S/C20H24O3/c1-4-5-17-12-20(19(11-18(17)21)22-13-23-20)15(3)10-16-8-6-14(2)7-9-16/h4,6-9,11,15,17H,1,5,10,12-13H2,2-3H3/t15-,17-,20+/m0/s1. The first-order valence-corrected chi connectivity index (χ1v) is 8.24. The summed E-state index contributed by atoms with van der Waals surface area (Å²) in [6.45, 7) is 8.28. The zero-order valence-corrected chi connectivity index (χ0v) is 13.9. The maximum Gasteiger partial charge on any atom is 0.189 e. The number of allylic oxidation sites excluding steroid dienone is 2. The fourth-order valence-corrected chi connectivity index (χ4v) is 3.66. The molecule has 3 heteroatoms. The van der Waals surface area contributed by atoms with Gasteiger partial charge in [0.05, 0.1) is 0 Å². The number of hydrogen-bond acceptors (Lipinski definition) is 3. The van der Waals surface area contributed by atoms with Crippen LogP contribution in [0.5, 0.6) is 0 Å². The lowest BCUT2D eigenvalue weighted by Gasteiger charge is -2.38. The second-order valence-corrected chi connectivity index (χ2v) is 6.72. The zero-order valence-electron chi connectivity index (χ0n) is 13.9. The van der Waals surface area contributed by atoms with Crippen LogP contribution in [0.25, 0.3) is 0 Å². The highest BCUT2D eigenvalue weighted by Crippen LogP contribution is 2.46. The summed E-state index contributed by atoms with van der Waals surface area (Å²) in [5.41, 5.74) is 2.06. The van der Waals surface area contributed by atoms with Crippen LogP contribution < -0.4 is 0 Å². The number of benzene rings is 1. The highest BCUT2D eigenvalue weighted by atomic mass is 16.7. The third-order valence-corrected chi connectivity index (χ3v) is 5.08. The molecule has 0 spiro atoms. The number of ketones is 1. The minimum Gasteiger partial charge on any atom is -0.469 e. The predicted octanol–water partition coefficient (Wildman–Crippen LogP) is 3.97. The maximum atomic E-state index is 12.2. The average molecular weight is 312 g/mol. The number of aryl methyl sites for hydroxylation is 1. The van der Waals surface area contributed by atoms with Gasteiger partial charge >= 0.3 is 0 Å². The van der Waals surface area contributed by atoms with Gasteiger partial charge in [-0.05, 0) is 37.7 Å². The molecule has 0 bridgehead atoms. The molecule has 1 aliphatic carbocycles. The Balaban J connectivity index is 1.85. The zero-order chi connectivity index (χ0) is 16.4. The Morgan fingerprint density at radius 2 is 2.13 bits per heavy atom. The quantitative estimate of drug-likeness (QED) is 0.772. The summed E-state index contributed by atoms with van der Waals surface area (Å²) < 4.78 is 11.7. The summed E-state index contributed by atoms with van der Waals surface area (Å²) in [4.78, 5) is 12.2. The molecule has 0 radical (unpaired) electrons. The molecule has 1 heterocycles. The molecule has 2 aliphatic rings. The molecular formula is C20H24O3. The van der Waals surface area contributed by atoms with E-state index in [1.807, 2.05) is 6.08 Å². The van der Waals surface area contributed by atoms with E-state index in [0.717, 1.165) is 6.42 Å². The van der Waals surface area contributed by atoms with Gasteiger partial charge in [-0.1, -0.05) is 42.8 Å². The third kappa shape index (κ3) is 2.98. The van der Waals surface area contributed by atoms with E-state index in [1.165, 1.54) is 11.1 Å². The van der Waals surface area contributed by atoms with Crippen LogP contribution in [0.15, 0.2) is 48.8 Å². The summed E-state index contributed by atoms with van der Waals surface area (Å²) in [6, 6.07) is 8.59. The molecule has 0 amide bonds. The molecule has 3 nitrogen and oxygen atoms in total. The molecule has 1 saturated heterocycles. The lowest BCUT2D eigenvalue weighted by atomic mass is 9.71. The molecule has 0 N–H and O–H groups in total. The molecule has 0 saturated carbocycles. The van der Waals surface area contributed by atoms with Crippen LogP contribution >= 0.6 is 0 Å². The highest BCUT2D eigenvalue weighted by Gasteiger charge is 2.51. The minimum absolute atomic E-state index is 0.0570. The van der Waals surface area contributed by atoms with E-state index in [-0.39, 0.29) is 24.4 Å². The largest absolute Gasteiger partial charge is 0.469 e. The molecule has 0 unspecified atom stereocenters. The number of rotatable bonds is 5. The van der Waals surface area contributed by atoms with Gasteiger partial charge in [0.2, 0.25) is 0 Å². The van der Waals surface area contributed by atoms with Crippen molar-refractivity contribution in [3.8, 4) is 0 Å². The first-order chi connectivity index (χ1) is 11.0. The highest BCUT2D eigenvalue weighted by molar-refractivity contribution is 5.93. The van der Waals surface area contributed by atoms with Gasteiger partial charge < -0.3 is 9.47 Å². The van der Waals surface area contributed by atoms with Crippen LogP contribution in [0.3, 0.4) is 0 Å². The second-order valence-electron chi connectivity index (χ2n) is 6.72. The van der Waals surface area contributed by atoms with Crippen molar-refractivity contribution < 1.29 is 14.3 Å². The molecule has 1 aromatic carbocycles. The summed E-state index contributed by atoms with van der Waals surface area (Å²) in [6.07, 6.45) is 5.73. The van der Waals surface area contributed by atoms with Gasteiger partial charge in [0.1, 0.15) is 11.4 Å². The van der Waals surface area contributed by atoms with Crippen molar-refractivity contribution in [2.45, 2.75) is 38.7 Å². The van der Waals surface area contributed by atoms with E-state index in [1.54, 1.807) is 6.08 Å². The van der Waals surface area contributed by atoms with Crippen LogP contribution in [0.4, 0.5) is 0 Å². The van der Waals surface area contributed by atoms with Crippen molar-refractivity contribution in [1.29, 1.82) is 0 Å². The first-order valence-electron chi connectivity index (χ1n) is 8.24. The van der Waals surface area contributed by atoms with E-state index in [0.29, 0.717) is 18.6 Å². The first kappa shape index (κ1) is 16.0. The number of fused-ring (bicyclic) bond motifs is 1. The van der Waals surface area contributed by atoms with Crippen molar-refractivity contribution in [1.82, 2.24) is 0 Å². The van der Waals surface area contributed by atoms with Gasteiger partial charge in [-0.25, -0.2) is 0 Å². The van der Waals surface area contributed by atoms with Gasteiger partial charge in [0.25, 0.3) is 0 Å². The van der Waals surface area contributed by atoms with Gasteiger partial charge in [0, 0.05) is 12.0 Å². The molecule has 23 heavy (non-hydrogen) atoms. The summed E-state index contributed by atoms with van der Waals surface area (Å²) >= 11 is 0. The third-order valence-electron chi connectivity index (χ3n) is 5.08. The van der Waals surface area contributed by atoms with E-state index in [4.69, 9.17) is 9.47 Å². The van der Waals surface area contributed by atoms with Gasteiger partial charge in [0.15, 0.2) is 12.6 Å². The number of carbonyl (C=O) groups is 1. The van der Waals surface area contributed by atoms with E-state index in [9.17, 15) is 4.79 Å². The van der Waals surface area contributed by atoms with Gasteiger partial charge in [-0.3, -0.25) is 4.79 Å². The molecule has 3 rings (SSSR count). The SMILES string of the molecule is C=CC[C@H]1C[C@]2([C@@H](C)Cc3ccc(C)cc3)OCOC2=CC1=O. The lowest BCUT2D eigenvalue weighted by molar-refractivity contribution is -0.123. The van der Waals surface area contributed by atoms with Crippen LogP contribution in [-0.2, 0) is 20.7 Å². The van der Waals surface area contributed by atoms with Crippen molar-refractivity contribution in [3.05, 3.63) is 59.9 Å². The van der Waals surface area contributed by atoms with E-state index < -0.39 is 5.60 Å². The molecule has 122 valence electrons. The number of ether oxygens (including phenoxy) is 2. The Morgan fingerprint density at radius 1 is 1.39 bits per heavy atom. The Morgan fingerprint density at radius 3 is 2.83 bits per heavy atom. The fraction of sp³-hybridized carbons (Fsp3) is 0.450. The molecule has 1 aromatic rings. The Bertz CT molecular complexity index is 629. The summed E-state index contributed by atoms with van der Waals surface area (Å²) in [5.74, 6) is 1.02. The monoisotopic (exact) mass is 312 g/mol. The van der Waals surface area contributed by atoms with E-state index >= 15 is 0 Å². The van der Waals surface area contributed by atoms with Crippen LogP contribution in [0.1, 0.15) is 30.9 Å². The second kappa shape index (κ2) is 6.32. The average Bonchev–Trinajstić information content (AvgIpc) is 2.94. The minimum atomic E-state index is -0.480. The Labute approximate surface area is 138 Å². The molecule has 1 fully saturated rings. The molecular weight excluding hydrogens is 288 g/mol. The van der Waals surface area contributed by atoms with Crippen molar-refractivity contribution >= 4 is 5.78 Å². The van der Waals surface area contributed by atoms with Crippen molar-refractivity contribution in [2.75, 3.05) is 6.79 Å². The normalized spacial score (nSPS) is 27.8. The Hall–Kier alpha value is -1.87. The van der Waals surface area contributed by atoms with Crippen LogP contribution in [0.2, 0.25) is 0 Å². The van der Waals surface area contributed by atoms with Crippen molar-refractivity contribution in [3.63, 3.8) is 0 Å². The molecule has 1 aliphatic heterocycles. The van der Waals surface area contributed by atoms with Gasteiger partial charge in [-0.2, -0.15) is 0 Å². The van der Waals surface area contributed by atoms with E-state index in [2.05, 4.69) is 44.7 Å². The fourth-order valence-electron chi connectivity index (χ4n) is 3.66. The smallest absolute Gasteiger partial charge is 0.189 e. The number of carbonyl (C=O) groups excluding carboxylic acids is 1. The molecule has 0 aromatic heterocycles. The summed E-state index contributed by atoms with van der Waals surface area (Å²) in [7, 11) is 0. The number of hydrogen-bond donors (Lipinski definition) is 0. The van der Waals surface area contributed by atoms with Crippen LogP contribution in [0, 0.1) is 18.8 Å². The van der Waals surface area contributed by atoms with Crippen molar-refractivity contribution in [2.24, 2.45) is 11.8 Å². The predicted molar refractivity (Wildman–Crippen MR) is 89.8 cm³/mol. The van der Waals surface area contributed by atoms with Gasteiger partial charge in [-0.15, -0.1) is 6.58 Å². The lowest BCUT2D eigenvalue weighted by Crippen LogP contribution is -2.44. The Kier molecular flexibility index (Phi) is 4.40.